The van der Waals surface area contributed by atoms with Crippen LogP contribution in [0.3, 0.4) is 0 Å². The van der Waals surface area contributed by atoms with Crippen molar-refractivity contribution in [2.75, 3.05) is 5.32 Å². The number of carbonyl (C=O) groups is 1. The van der Waals surface area contributed by atoms with E-state index in [9.17, 15) is 4.79 Å². The molecule has 0 aliphatic heterocycles. The van der Waals surface area contributed by atoms with Crippen molar-refractivity contribution in [3.8, 4) is 0 Å². The number of rotatable bonds is 5. The van der Waals surface area contributed by atoms with Crippen LogP contribution in [0.15, 0.2) is 48.5 Å². The van der Waals surface area contributed by atoms with E-state index in [0.29, 0.717) is 31.0 Å². The Hall–Kier alpha value is -2.73. The molecule has 3 aromatic rings. The van der Waals surface area contributed by atoms with Crippen molar-refractivity contribution in [3.05, 3.63) is 59.8 Å². The number of anilines is 1. The Kier molecular flexibility index (Phi) is 4.11. The highest BCUT2D eigenvalue weighted by Gasteiger charge is 2.09. The molecule has 0 bridgehead atoms. The average molecular weight is 295 g/mol. The summed E-state index contributed by atoms with van der Waals surface area (Å²) in [6.07, 6.45) is 1.08. The molecule has 0 radical (unpaired) electrons. The van der Waals surface area contributed by atoms with Crippen LogP contribution in [-0.2, 0) is 17.8 Å². The Labute approximate surface area is 128 Å². The van der Waals surface area contributed by atoms with Crippen LogP contribution in [0, 0.1) is 0 Å². The molecule has 112 valence electrons. The van der Waals surface area contributed by atoms with E-state index in [1.807, 2.05) is 48.5 Å². The SMILES string of the molecule is NCc1cccc2nc(NC(=O)CCc3ccccc3)nn12. The van der Waals surface area contributed by atoms with Crippen molar-refractivity contribution in [3.63, 3.8) is 0 Å². The van der Waals surface area contributed by atoms with Gasteiger partial charge in [0, 0.05) is 13.0 Å². The molecule has 6 nitrogen and oxygen atoms in total. The zero-order valence-electron chi connectivity index (χ0n) is 12.1. The van der Waals surface area contributed by atoms with Crippen molar-refractivity contribution < 1.29 is 4.79 Å². The number of amides is 1. The van der Waals surface area contributed by atoms with E-state index >= 15 is 0 Å². The standard InChI is InChI=1S/C16H17N5O/c17-11-13-7-4-8-14-18-16(20-21(13)14)19-15(22)10-9-12-5-2-1-3-6-12/h1-8H,9-11,17H2,(H,19,20,22). The van der Waals surface area contributed by atoms with Gasteiger partial charge in [-0.15, -0.1) is 5.10 Å². The number of pyridine rings is 1. The third kappa shape index (κ3) is 3.12. The number of nitrogens with zero attached hydrogens (tertiary/aromatic N) is 3. The van der Waals surface area contributed by atoms with Crippen molar-refractivity contribution in [1.82, 2.24) is 14.6 Å². The minimum atomic E-state index is -0.103. The Morgan fingerprint density at radius 2 is 1.95 bits per heavy atom. The summed E-state index contributed by atoms with van der Waals surface area (Å²) in [5, 5.41) is 7.00. The molecule has 22 heavy (non-hydrogen) atoms. The molecule has 0 unspecified atom stereocenters. The summed E-state index contributed by atoms with van der Waals surface area (Å²) in [6.45, 7) is 0.363. The number of nitrogens with one attached hydrogen (secondary N) is 1. The second-order valence-electron chi connectivity index (χ2n) is 4.96. The first kappa shape index (κ1) is 14.2. The molecule has 1 amide bonds. The third-order valence-corrected chi connectivity index (χ3v) is 3.38. The first-order chi connectivity index (χ1) is 10.8. The number of fused-ring (bicyclic) bond motifs is 1. The van der Waals surface area contributed by atoms with Gasteiger partial charge in [0.2, 0.25) is 11.9 Å². The summed E-state index contributed by atoms with van der Waals surface area (Å²) >= 11 is 0. The molecule has 1 aromatic carbocycles. The first-order valence-electron chi connectivity index (χ1n) is 7.15. The Morgan fingerprint density at radius 1 is 1.14 bits per heavy atom. The molecule has 0 spiro atoms. The van der Waals surface area contributed by atoms with E-state index < -0.39 is 0 Å². The third-order valence-electron chi connectivity index (χ3n) is 3.38. The Morgan fingerprint density at radius 3 is 2.73 bits per heavy atom. The molecular formula is C16H17N5O. The molecule has 3 rings (SSSR count). The lowest BCUT2D eigenvalue weighted by Crippen LogP contribution is -2.13. The molecule has 0 atom stereocenters. The number of hydrogen-bond donors (Lipinski definition) is 2. The largest absolute Gasteiger partial charge is 0.325 e. The number of hydrogen-bond acceptors (Lipinski definition) is 4. The van der Waals surface area contributed by atoms with Crippen LogP contribution < -0.4 is 11.1 Å². The summed E-state index contributed by atoms with van der Waals surface area (Å²) in [6, 6.07) is 15.5. The number of nitrogens with two attached hydrogens (primary N) is 1. The maximum absolute atomic E-state index is 12.0. The predicted molar refractivity (Wildman–Crippen MR) is 84.3 cm³/mol. The Balaban J connectivity index is 1.66. The minimum Gasteiger partial charge on any atom is -0.325 e. The number of carbonyl (C=O) groups excluding carboxylic acids is 1. The smallest absolute Gasteiger partial charge is 0.249 e. The topological polar surface area (TPSA) is 85.3 Å². The molecule has 0 fully saturated rings. The molecule has 0 aliphatic rings. The molecule has 3 N–H and O–H groups in total. The van der Waals surface area contributed by atoms with E-state index in [2.05, 4.69) is 15.4 Å². The molecule has 6 heteroatoms. The van der Waals surface area contributed by atoms with Gasteiger partial charge in [0.15, 0.2) is 5.65 Å². The van der Waals surface area contributed by atoms with Crippen LogP contribution in [0.25, 0.3) is 5.65 Å². The number of aromatic nitrogens is 3. The van der Waals surface area contributed by atoms with Crippen molar-refractivity contribution >= 4 is 17.5 Å². The van der Waals surface area contributed by atoms with Crippen molar-refractivity contribution in [1.29, 1.82) is 0 Å². The molecule has 2 heterocycles. The molecule has 2 aromatic heterocycles. The van der Waals surface area contributed by atoms with Gasteiger partial charge >= 0.3 is 0 Å². The van der Waals surface area contributed by atoms with Gasteiger partial charge in [-0.25, -0.2) is 4.52 Å². The van der Waals surface area contributed by atoms with Crippen LogP contribution in [0.1, 0.15) is 17.7 Å². The summed E-state index contributed by atoms with van der Waals surface area (Å²) < 4.78 is 1.65. The zero-order chi connectivity index (χ0) is 15.4. The Bertz CT molecular complexity index is 782. The summed E-state index contributed by atoms with van der Waals surface area (Å²) in [5.74, 6) is 0.202. The fourth-order valence-electron chi connectivity index (χ4n) is 2.26. The van der Waals surface area contributed by atoms with E-state index in [1.54, 1.807) is 4.52 Å². The van der Waals surface area contributed by atoms with Crippen molar-refractivity contribution in [2.24, 2.45) is 5.73 Å². The van der Waals surface area contributed by atoms with Gasteiger partial charge in [-0.05, 0) is 24.1 Å². The van der Waals surface area contributed by atoms with Crippen LogP contribution >= 0.6 is 0 Å². The maximum Gasteiger partial charge on any atom is 0.249 e. The molecular weight excluding hydrogens is 278 g/mol. The van der Waals surface area contributed by atoms with Crippen LogP contribution in [0.2, 0.25) is 0 Å². The summed E-state index contributed by atoms with van der Waals surface area (Å²) in [5.41, 5.74) is 8.30. The first-order valence-corrected chi connectivity index (χ1v) is 7.15. The highest BCUT2D eigenvalue weighted by Crippen LogP contribution is 2.09. The van der Waals surface area contributed by atoms with Gasteiger partial charge < -0.3 is 5.73 Å². The van der Waals surface area contributed by atoms with Crippen molar-refractivity contribution in [2.45, 2.75) is 19.4 Å². The molecule has 0 saturated carbocycles. The van der Waals surface area contributed by atoms with E-state index in [4.69, 9.17) is 5.73 Å². The van der Waals surface area contributed by atoms with E-state index in [1.165, 1.54) is 0 Å². The lowest BCUT2D eigenvalue weighted by atomic mass is 10.1. The summed E-state index contributed by atoms with van der Waals surface area (Å²) in [4.78, 5) is 16.3. The fourth-order valence-corrected chi connectivity index (χ4v) is 2.26. The minimum absolute atomic E-state index is 0.103. The average Bonchev–Trinajstić information content (AvgIpc) is 2.96. The highest BCUT2D eigenvalue weighted by atomic mass is 16.1. The summed E-state index contributed by atoms with van der Waals surface area (Å²) in [7, 11) is 0. The second-order valence-corrected chi connectivity index (χ2v) is 4.96. The highest BCUT2D eigenvalue weighted by molar-refractivity contribution is 5.89. The van der Waals surface area contributed by atoms with Gasteiger partial charge in [-0.3, -0.25) is 10.1 Å². The molecule has 0 aliphatic carbocycles. The molecule has 0 saturated heterocycles. The van der Waals surface area contributed by atoms with Gasteiger partial charge in [0.05, 0.1) is 5.69 Å². The van der Waals surface area contributed by atoms with Gasteiger partial charge in [-0.2, -0.15) is 4.98 Å². The van der Waals surface area contributed by atoms with E-state index in [-0.39, 0.29) is 5.91 Å². The monoisotopic (exact) mass is 295 g/mol. The van der Waals surface area contributed by atoms with Crippen LogP contribution in [0.5, 0.6) is 0 Å². The van der Waals surface area contributed by atoms with E-state index in [0.717, 1.165) is 11.3 Å². The van der Waals surface area contributed by atoms with Gasteiger partial charge in [0.25, 0.3) is 0 Å². The van der Waals surface area contributed by atoms with Gasteiger partial charge in [-0.1, -0.05) is 36.4 Å². The lowest BCUT2D eigenvalue weighted by molar-refractivity contribution is -0.116. The van der Waals surface area contributed by atoms with Crippen LogP contribution in [0.4, 0.5) is 5.95 Å². The quantitative estimate of drug-likeness (QED) is 0.751. The van der Waals surface area contributed by atoms with Crippen LogP contribution in [-0.4, -0.2) is 20.5 Å². The maximum atomic E-state index is 12.0. The predicted octanol–water partition coefficient (Wildman–Crippen LogP) is 1.76. The number of aryl methyl sites for hydroxylation is 1. The number of benzene rings is 1. The second kappa shape index (κ2) is 6.36. The lowest BCUT2D eigenvalue weighted by Gasteiger charge is -2.01. The fraction of sp³-hybridized carbons (Fsp3) is 0.188. The normalized spacial score (nSPS) is 10.8. The van der Waals surface area contributed by atoms with Gasteiger partial charge in [0.1, 0.15) is 0 Å². The zero-order valence-corrected chi connectivity index (χ0v) is 12.1.